The summed E-state index contributed by atoms with van der Waals surface area (Å²) in [4.78, 5) is 0. The van der Waals surface area contributed by atoms with Crippen LogP contribution in [0.5, 0.6) is 0 Å². The van der Waals surface area contributed by atoms with Gasteiger partial charge < -0.3 is 4.74 Å². The van der Waals surface area contributed by atoms with Crippen LogP contribution in [0.25, 0.3) is 0 Å². The lowest BCUT2D eigenvalue weighted by molar-refractivity contribution is -0.0562. The van der Waals surface area contributed by atoms with Crippen LogP contribution in [0.1, 0.15) is 50.3 Å². The number of hydrogen-bond acceptors (Lipinski definition) is 5. The lowest BCUT2D eigenvalue weighted by Gasteiger charge is -2.38. The van der Waals surface area contributed by atoms with Gasteiger partial charge in [-0.3, -0.25) is 5.84 Å². The SMILES string of the molecule is COC1(C(NN)c2c(Br)nnn2C)CCCCCC1. The molecule has 1 heterocycles. The van der Waals surface area contributed by atoms with E-state index in [1.54, 1.807) is 11.8 Å². The summed E-state index contributed by atoms with van der Waals surface area (Å²) in [5.41, 5.74) is 3.57. The third-order valence-electron chi connectivity index (χ3n) is 4.15. The fourth-order valence-corrected chi connectivity index (χ4v) is 3.62. The molecule has 1 aliphatic rings. The number of halogens is 1. The van der Waals surface area contributed by atoms with Crippen molar-refractivity contribution >= 4 is 15.9 Å². The molecular formula is C12H22BrN5O. The third kappa shape index (κ3) is 2.84. The molecule has 0 saturated heterocycles. The Kier molecular flexibility index (Phi) is 4.94. The fourth-order valence-electron chi connectivity index (χ4n) is 3.06. The number of nitrogens with two attached hydrogens (primary N) is 1. The summed E-state index contributed by atoms with van der Waals surface area (Å²) < 4.78 is 8.38. The largest absolute Gasteiger partial charge is 0.376 e. The van der Waals surface area contributed by atoms with E-state index in [1.165, 1.54) is 12.8 Å². The Labute approximate surface area is 122 Å². The molecule has 0 radical (unpaired) electrons. The van der Waals surface area contributed by atoms with E-state index < -0.39 is 0 Å². The van der Waals surface area contributed by atoms with Crippen molar-refractivity contribution < 1.29 is 4.74 Å². The first-order valence-electron chi connectivity index (χ1n) is 6.71. The molecule has 0 amide bonds. The highest BCUT2D eigenvalue weighted by atomic mass is 79.9. The van der Waals surface area contributed by atoms with Gasteiger partial charge in [-0.15, -0.1) is 5.10 Å². The van der Waals surface area contributed by atoms with Crippen LogP contribution in [0.4, 0.5) is 0 Å². The molecule has 108 valence electrons. The molecule has 6 nitrogen and oxygen atoms in total. The minimum Gasteiger partial charge on any atom is -0.376 e. The molecule has 1 unspecified atom stereocenters. The van der Waals surface area contributed by atoms with Crippen molar-refractivity contribution in [1.82, 2.24) is 20.4 Å². The molecule has 7 heteroatoms. The van der Waals surface area contributed by atoms with Crippen LogP contribution in [-0.2, 0) is 11.8 Å². The first-order valence-corrected chi connectivity index (χ1v) is 7.50. The van der Waals surface area contributed by atoms with E-state index in [9.17, 15) is 0 Å². The molecule has 1 aliphatic carbocycles. The molecule has 2 rings (SSSR count). The second kappa shape index (κ2) is 6.30. The Morgan fingerprint density at radius 2 is 2.00 bits per heavy atom. The maximum atomic E-state index is 5.91. The Morgan fingerprint density at radius 1 is 1.37 bits per heavy atom. The average molecular weight is 332 g/mol. The van der Waals surface area contributed by atoms with Crippen molar-refractivity contribution in [2.75, 3.05) is 7.11 Å². The maximum absolute atomic E-state index is 5.91. The number of ether oxygens (including phenoxy) is 1. The van der Waals surface area contributed by atoms with E-state index in [0.29, 0.717) is 0 Å². The van der Waals surface area contributed by atoms with Crippen molar-refractivity contribution in [1.29, 1.82) is 0 Å². The van der Waals surface area contributed by atoms with E-state index in [4.69, 9.17) is 10.6 Å². The molecule has 1 aromatic rings. The predicted molar refractivity (Wildman–Crippen MR) is 76.2 cm³/mol. The Hall–Kier alpha value is -0.500. The Morgan fingerprint density at radius 3 is 2.42 bits per heavy atom. The third-order valence-corrected chi connectivity index (χ3v) is 4.71. The van der Waals surface area contributed by atoms with E-state index in [0.717, 1.165) is 36.0 Å². The summed E-state index contributed by atoms with van der Waals surface area (Å²) in [6.45, 7) is 0. The van der Waals surface area contributed by atoms with Gasteiger partial charge in [0.2, 0.25) is 0 Å². The van der Waals surface area contributed by atoms with Crippen molar-refractivity contribution in [2.45, 2.75) is 50.2 Å². The van der Waals surface area contributed by atoms with Gasteiger partial charge in [0.05, 0.1) is 17.3 Å². The fraction of sp³-hybridized carbons (Fsp3) is 0.833. The van der Waals surface area contributed by atoms with Gasteiger partial charge in [-0.05, 0) is 28.8 Å². The summed E-state index contributed by atoms with van der Waals surface area (Å²) in [6.07, 6.45) is 6.83. The minimum absolute atomic E-state index is 0.120. The summed E-state index contributed by atoms with van der Waals surface area (Å²) in [5, 5.41) is 8.08. The lowest BCUT2D eigenvalue weighted by atomic mass is 9.84. The van der Waals surface area contributed by atoms with E-state index in [2.05, 4.69) is 31.7 Å². The monoisotopic (exact) mass is 331 g/mol. The highest BCUT2D eigenvalue weighted by Crippen LogP contribution is 2.41. The Bertz CT molecular complexity index is 395. The van der Waals surface area contributed by atoms with Crippen LogP contribution < -0.4 is 11.3 Å². The number of rotatable bonds is 4. The normalized spacial score (nSPS) is 21.1. The van der Waals surface area contributed by atoms with Gasteiger partial charge in [-0.25, -0.2) is 10.1 Å². The minimum atomic E-state index is -0.288. The van der Waals surface area contributed by atoms with Crippen LogP contribution in [0, 0.1) is 0 Å². The number of aryl methyl sites for hydroxylation is 1. The van der Waals surface area contributed by atoms with Gasteiger partial charge >= 0.3 is 0 Å². The second-order valence-corrected chi connectivity index (χ2v) is 5.92. The summed E-state index contributed by atoms with van der Waals surface area (Å²) in [6, 6.07) is -0.120. The number of hydrazine groups is 1. The first-order chi connectivity index (χ1) is 9.14. The predicted octanol–water partition coefficient (Wildman–Crippen LogP) is 1.82. The lowest BCUT2D eigenvalue weighted by Crippen LogP contribution is -2.48. The molecular weight excluding hydrogens is 310 g/mol. The smallest absolute Gasteiger partial charge is 0.153 e. The number of aromatic nitrogens is 3. The van der Waals surface area contributed by atoms with E-state index >= 15 is 0 Å². The molecule has 0 spiro atoms. The van der Waals surface area contributed by atoms with Crippen molar-refractivity contribution in [2.24, 2.45) is 12.9 Å². The Balaban J connectivity index is 2.37. The number of nitrogens with one attached hydrogen (secondary N) is 1. The average Bonchev–Trinajstić information content (AvgIpc) is 2.65. The van der Waals surface area contributed by atoms with Gasteiger partial charge in [0, 0.05) is 14.2 Å². The van der Waals surface area contributed by atoms with Gasteiger partial charge in [0.1, 0.15) is 0 Å². The van der Waals surface area contributed by atoms with Crippen LogP contribution >= 0.6 is 15.9 Å². The molecule has 3 N–H and O–H groups in total. The van der Waals surface area contributed by atoms with Gasteiger partial charge in [0.25, 0.3) is 0 Å². The zero-order valence-electron chi connectivity index (χ0n) is 11.5. The molecule has 0 aromatic carbocycles. The number of nitrogens with zero attached hydrogens (tertiary/aromatic N) is 3. The van der Waals surface area contributed by atoms with Gasteiger partial charge in [0.15, 0.2) is 4.60 Å². The molecule has 1 saturated carbocycles. The second-order valence-electron chi connectivity index (χ2n) is 5.17. The van der Waals surface area contributed by atoms with Crippen LogP contribution in [0.15, 0.2) is 4.60 Å². The van der Waals surface area contributed by atoms with Gasteiger partial charge in [-0.2, -0.15) is 0 Å². The topological polar surface area (TPSA) is 78.0 Å². The van der Waals surface area contributed by atoms with Crippen LogP contribution in [0.3, 0.4) is 0 Å². The zero-order valence-corrected chi connectivity index (χ0v) is 13.1. The van der Waals surface area contributed by atoms with Crippen molar-refractivity contribution in [3.05, 3.63) is 10.3 Å². The number of methoxy groups -OCH3 is 1. The molecule has 19 heavy (non-hydrogen) atoms. The van der Waals surface area contributed by atoms with Crippen LogP contribution in [0.2, 0.25) is 0 Å². The highest BCUT2D eigenvalue weighted by Gasteiger charge is 2.42. The molecule has 1 atom stereocenters. The van der Waals surface area contributed by atoms with Crippen molar-refractivity contribution in [3.8, 4) is 0 Å². The molecule has 0 aliphatic heterocycles. The maximum Gasteiger partial charge on any atom is 0.153 e. The zero-order chi connectivity index (χ0) is 13.9. The molecule has 0 bridgehead atoms. The first kappa shape index (κ1) is 14.9. The summed E-state index contributed by atoms with van der Waals surface area (Å²) in [7, 11) is 3.64. The standard InChI is InChI=1S/C12H22BrN5O/c1-18-9(11(13)16-17-18)10(15-14)12(19-2)7-5-3-4-6-8-12/h10,15H,3-8,14H2,1-2H3. The van der Waals surface area contributed by atoms with E-state index in [1.807, 2.05) is 7.05 Å². The van der Waals surface area contributed by atoms with Crippen molar-refractivity contribution in [3.63, 3.8) is 0 Å². The quantitative estimate of drug-likeness (QED) is 0.500. The highest BCUT2D eigenvalue weighted by molar-refractivity contribution is 9.10. The van der Waals surface area contributed by atoms with Crippen LogP contribution in [-0.4, -0.2) is 27.7 Å². The summed E-state index contributed by atoms with van der Waals surface area (Å²) >= 11 is 3.45. The van der Waals surface area contributed by atoms with Gasteiger partial charge in [-0.1, -0.05) is 30.9 Å². The number of hydrogen-bond donors (Lipinski definition) is 2. The molecule has 1 fully saturated rings. The van der Waals surface area contributed by atoms with E-state index in [-0.39, 0.29) is 11.6 Å². The molecule has 1 aromatic heterocycles. The summed E-state index contributed by atoms with van der Waals surface area (Å²) in [5.74, 6) is 5.82.